The fourth-order valence-electron chi connectivity index (χ4n) is 2.66. The number of methoxy groups -OCH3 is 1. The molecule has 0 bridgehead atoms. The first-order chi connectivity index (χ1) is 9.04. The van der Waals surface area contributed by atoms with Crippen LogP contribution in [0, 0.1) is 10.8 Å². The monoisotopic (exact) mass is 282 g/mol. The van der Waals surface area contributed by atoms with Crippen molar-refractivity contribution in [3.63, 3.8) is 0 Å². The van der Waals surface area contributed by atoms with Crippen molar-refractivity contribution in [1.29, 1.82) is 0 Å². The van der Waals surface area contributed by atoms with Crippen LogP contribution in [0.15, 0.2) is 23.0 Å². The first-order valence-corrected chi connectivity index (χ1v) is 7.47. The van der Waals surface area contributed by atoms with E-state index in [9.17, 15) is 10.2 Å². The summed E-state index contributed by atoms with van der Waals surface area (Å²) in [6.45, 7) is 12.4. The molecule has 0 aliphatic heterocycles. The van der Waals surface area contributed by atoms with Crippen molar-refractivity contribution in [2.75, 3.05) is 7.11 Å². The lowest BCUT2D eigenvalue weighted by atomic mass is 9.68. The fraction of sp³-hybridized carbons (Fsp3) is 0.765. The van der Waals surface area contributed by atoms with Gasteiger partial charge >= 0.3 is 0 Å². The lowest BCUT2D eigenvalue weighted by Crippen LogP contribution is -2.43. The molecular formula is C17H30O3. The van der Waals surface area contributed by atoms with E-state index in [0.29, 0.717) is 6.42 Å². The molecule has 0 spiro atoms. The minimum absolute atomic E-state index is 0.158. The number of ether oxygens (including phenoxy) is 1. The normalized spacial score (nSPS) is 24.9. The van der Waals surface area contributed by atoms with Crippen LogP contribution in [0.1, 0.15) is 60.8 Å². The van der Waals surface area contributed by atoms with Gasteiger partial charge < -0.3 is 14.9 Å². The highest BCUT2D eigenvalue weighted by atomic mass is 16.6. The van der Waals surface area contributed by atoms with Crippen molar-refractivity contribution in [1.82, 2.24) is 0 Å². The number of allylic oxidation sites excluding steroid dienone is 1. The number of hydrogen-bond acceptors (Lipinski definition) is 3. The Balaban J connectivity index is 3.41. The first-order valence-electron chi connectivity index (χ1n) is 7.47. The first kappa shape index (κ1) is 17.3. The Bertz CT molecular complexity index is 430. The van der Waals surface area contributed by atoms with Gasteiger partial charge in [-0.2, -0.15) is 0 Å². The Hall–Kier alpha value is -0.800. The van der Waals surface area contributed by atoms with Gasteiger partial charge in [-0.15, -0.1) is 0 Å². The van der Waals surface area contributed by atoms with Gasteiger partial charge in [0.05, 0.1) is 0 Å². The van der Waals surface area contributed by atoms with Gasteiger partial charge in [-0.3, -0.25) is 0 Å². The molecule has 0 radical (unpaired) electrons. The largest absolute Gasteiger partial charge is 0.508 e. The Morgan fingerprint density at radius 3 is 2.05 bits per heavy atom. The van der Waals surface area contributed by atoms with E-state index in [1.165, 1.54) is 7.11 Å². The number of aliphatic hydroxyl groups is 2. The molecule has 116 valence electrons. The van der Waals surface area contributed by atoms with Crippen LogP contribution >= 0.6 is 0 Å². The molecule has 1 unspecified atom stereocenters. The Kier molecular flexibility index (Phi) is 4.77. The Morgan fingerprint density at radius 1 is 1.15 bits per heavy atom. The standard InChI is InChI=1S/C17H30O3/c1-8-15(3,4)12-11-17(19,20-7)14(10-13(12)18)16(5,6)9-2/h10,18-19H,8-9,11H2,1-7H3. The third-order valence-electron chi connectivity index (χ3n) is 5.08. The van der Waals surface area contributed by atoms with Crippen molar-refractivity contribution >= 4 is 0 Å². The zero-order valence-electron chi connectivity index (χ0n) is 14.0. The summed E-state index contributed by atoms with van der Waals surface area (Å²) in [5.41, 5.74) is 1.23. The van der Waals surface area contributed by atoms with Crippen LogP contribution in [0.3, 0.4) is 0 Å². The molecule has 2 N–H and O–H groups in total. The van der Waals surface area contributed by atoms with Crippen molar-refractivity contribution in [2.45, 2.75) is 66.6 Å². The highest BCUT2D eigenvalue weighted by molar-refractivity contribution is 5.39. The molecule has 20 heavy (non-hydrogen) atoms. The van der Waals surface area contributed by atoms with Crippen LogP contribution in [0.5, 0.6) is 0 Å². The van der Waals surface area contributed by atoms with Gasteiger partial charge in [-0.05, 0) is 40.9 Å². The predicted octanol–water partition coefficient (Wildman–Crippen LogP) is 4.34. The third kappa shape index (κ3) is 2.94. The fourth-order valence-corrected chi connectivity index (χ4v) is 2.66. The summed E-state index contributed by atoms with van der Waals surface area (Å²) in [6, 6.07) is 0. The quantitative estimate of drug-likeness (QED) is 0.738. The molecule has 0 saturated carbocycles. The summed E-state index contributed by atoms with van der Waals surface area (Å²) in [6.07, 6.45) is 3.80. The average molecular weight is 282 g/mol. The summed E-state index contributed by atoms with van der Waals surface area (Å²) >= 11 is 0. The van der Waals surface area contributed by atoms with E-state index in [2.05, 4.69) is 41.5 Å². The van der Waals surface area contributed by atoms with Gasteiger partial charge in [0, 0.05) is 13.5 Å². The second-order valence-electron chi connectivity index (χ2n) is 7.06. The predicted molar refractivity (Wildman–Crippen MR) is 82.5 cm³/mol. The Labute approximate surface area is 123 Å². The van der Waals surface area contributed by atoms with Crippen LogP contribution in [-0.4, -0.2) is 23.1 Å². The van der Waals surface area contributed by atoms with Crippen LogP contribution in [0.2, 0.25) is 0 Å². The van der Waals surface area contributed by atoms with Crippen molar-refractivity contribution < 1.29 is 14.9 Å². The van der Waals surface area contributed by atoms with E-state index >= 15 is 0 Å². The molecule has 0 fully saturated rings. The number of rotatable bonds is 5. The highest BCUT2D eigenvalue weighted by Crippen LogP contribution is 2.48. The molecule has 1 atom stereocenters. The van der Waals surface area contributed by atoms with Gasteiger partial charge in [0.15, 0.2) is 5.79 Å². The molecular weight excluding hydrogens is 252 g/mol. The van der Waals surface area contributed by atoms with Crippen LogP contribution in [0.4, 0.5) is 0 Å². The van der Waals surface area contributed by atoms with Gasteiger partial charge in [0.25, 0.3) is 0 Å². The summed E-state index contributed by atoms with van der Waals surface area (Å²) < 4.78 is 5.44. The molecule has 0 aromatic rings. The van der Waals surface area contributed by atoms with Crippen molar-refractivity contribution in [3.8, 4) is 0 Å². The summed E-state index contributed by atoms with van der Waals surface area (Å²) in [4.78, 5) is 0. The minimum atomic E-state index is -1.33. The molecule has 3 heteroatoms. The molecule has 0 amide bonds. The van der Waals surface area contributed by atoms with Gasteiger partial charge in [-0.25, -0.2) is 0 Å². The molecule has 1 rings (SSSR count). The highest BCUT2D eigenvalue weighted by Gasteiger charge is 2.45. The number of aliphatic hydroxyl groups excluding tert-OH is 1. The molecule has 1 aliphatic rings. The van der Waals surface area contributed by atoms with Crippen LogP contribution < -0.4 is 0 Å². The summed E-state index contributed by atoms with van der Waals surface area (Å²) in [7, 11) is 1.53. The van der Waals surface area contributed by atoms with E-state index in [0.717, 1.165) is 24.0 Å². The maximum Gasteiger partial charge on any atom is 0.192 e. The zero-order valence-corrected chi connectivity index (χ0v) is 14.0. The lowest BCUT2D eigenvalue weighted by molar-refractivity contribution is -0.167. The maximum absolute atomic E-state index is 10.9. The van der Waals surface area contributed by atoms with Gasteiger partial charge in [0.1, 0.15) is 5.76 Å². The van der Waals surface area contributed by atoms with E-state index in [1.807, 2.05) is 0 Å². The van der Waals surface area contributed by atoms with Gasteiger partial charge in [-0.1, -0.05) is 41.5 Å². The maximum atomic E-state index is 10.9. The summed E-state index contributed by atoms with van der Waals surface area (Å²) in [5.74, 6) is -1.04. The van der Waals surface area contributed by atoms with Crippen molar-refractivity contribution in [2.24, 2.45) is 10.8 Å². The third-order valence-corrected chi connectivity index (χ3v) is 5.08. The molecule has 0 aromatic heterocycles. The van der Waals surface area contributed by atoms with E-state index in [-0.39, 0.29) is 16.6 Å². The second-order valence-corrected chi connectivity index (χ2v) is 7.06. The van der Waals surface area contributed by atoms with Crippen LogP contribution in [0.25, 0.3) is 0 Å². The molecule has 0 aromatic carbocycles. The second kappa shape index (κ2) is 5.53. The topological polar surface area (TPSA) is 49.7 Å². The lowest BCUT2D eigenvalue weighted by Gasteiger charge is -2.43. The molecule has 3 nitrogen and oxygen atoms in total. The number of hydrogen-bond donors (Lipinski definition) is 2. The van der Waals surface area contributed by atoms with Crippen LogP contribution in [-0.2, 0) is 4.74 Å². The summed E-state index contributed by atoms with van der Waals surface area (Å²) in [5, 5.41) is 21.3. The molecule has 1 aliphatic carbocycles. The van der Waals surface area contributed by atoms with Gasteiger partial charge in [0.2, 0.25) is 0 Å². The van der Waals surface area contributed by atoms with E-state index in [1.54, 1.807) is 6.08 Å². The zero-order chi connectivity index (χ0) is 15.8. The molecule has 0 heterocycles. The minimum Gasteiger partial charge on any atom is -0.508 e. The Morgan fingerprint density at radius 2 is 1.65 bits per heavy atom. The smallest absolute Gasteiger partial charge is 0.192 e. The average Bonchev–Trinajstić information content (AvgIpc) is 2.40. The molecule has 0 saturated heterocycles. The van der Waals surface area contributed by atoms with E-state index in [4.69, 9.17) is 4.74 Å². The SMILES string of the molecule is CCC(C)(C)C1=CC(O)=C(C(C)(C)CC)CC1(O)OC. The van der Waals surface area contributed by atoms with E-state index < -0.39 is 5.79 Å². The van der Waals surface area contributed by atoms with Crippen molar-refractivity contribution in [3.05, 3.63) is 23.0 Å².